The Morgan fingerprint density at radius 1 is 1.07 bits per heavy atom. The molecule has 0 unspecified atom stereocenters. The molecule has 0 bridgehead atoms. The van der Waals surface area contributed by atoms with Gasteiger partial charge in [-0.3, -0.25) is 0 Å². The molecule has 4 heteroatoms. The number of hydrogen-bond donors (Lipinski definition) is 0. The van der Waals surface area contributed by atoms with Crippen LogP contribution in [0.25, 0.3) is 28.0 Å². The van der Waals surface area contributed by atoms with Gasteiger partial charge < -0.3 is 4.74 Å². The highest BCUT2D eigenvalue weighted by Crippen LogP contribution is 2.30. The molecule has 0 N–H and O–H groups in total. The summed E-state index contributed by atoms with van der Waals surface area (Å²) < 4.78 is 6.11. The Balaban J connectivity index is 1.74. The minimum atomic E-state index is 0.647. The SMILES string of the molecule is CCCCOC1=C(c2nc(-c3ncc4ccccc4n3)ccc2C)C=CCC1. The summed E-state index contributed by atoms with van der Waals surface area (Å²) in [5.41, 5.74) is 4.88. The first-order chi connectivity index (χ1) is 13.8. The van der Waals surface area contributed by atoms with E-state index in [-0.39, 0.29) is 0 Å². The van der Waals surface area contributed by atoms with Crippen molar-refractivity contribution >= 4 is 16.5 Å². The van der Waals surface area contributed by atoms with Gasteiger partial charge in [0.1, 0.15) is 11.5 Å². The molecule has 0 saturated carbocycles. The van der Waals surface area contributed by atoms with Crippen LogP contribution in [0.3, 0.4) is 0 Å². The van der Waals surface area contributed by atoms with Crippen LogP contribution in [0, 0.1) is 6.92 Å². The van der Waals surface area contributed by atoms with Crippen molar-refractivity contribution in [1.29, 1.82) is 0 Å². The maximum absolute atomic E-state index is 6.11. The van der Waals surface area contributed by atoms with Crippen molar-refractivity contribution < 1.29 is 4.74 Å². The van der Waals surface area contributed by atoms with Crippen molar-refractivity contribution in [2.45, 2.75) is 39.5 Å². The maximum atomic E-state index is 6.11. The standard InChI is InChI=1S/C24H25N3O/c1-3-4-15-28-22-12-8-6-10-19(22)23-17(2)13-14-21(26-23)24-25-16-18-9-5-7-11-20(18)27-24/h5-7,9-11,13-14,16H,3-4,8,12,15H2,1-2H3. The Morgan fingerprint density at radius 3 is 2.86 bits per heavy atom. The van der Waals surface area contributed by atoms with Gasteiger partial charge in [0, 0.05) is 23.6 Å². The van der Waals surface area contributed by atoms with E-state index in [2.05, 4.69) is 37.0 Å². The molecule has 3 aromatic rings. The third kappa shape index (κ3) is 3.81. The van der Waals surface area contributed by atoms with E-state index in [1.807, 2.05) is 36.5 Å². The summed E-state index contributed by atoms with van der Waals surface area (Å²) >= 11 is 0. The molecular formula is C24H25N3O. The number of ether oxygens (including phenoxy) is 1. The molecule has 0 amide bonds. The molecule has 28 heavy (non-hydrogen) atoms. The fourth-order valence-corrected chi connectivity index (χ4v) is 3.37. The van der Waals surface area contributed by atoms with Gasteiger partial charge in [0.05, 0.1) is 17.8 Å². The molecule has 0 fully saturated rings. The lowest BCUT2D eigenvalue weighted by Crippen LogP contribution is -2.05. The Morgan fingerprint density at radius 2 is 1.96 bits per heavy atom. The van der Waals surface area contributed by atoms with E-state index in [0.29, 0.717) is 5.82 Å². The van der Waals surface area contributed by atoms with Crippen LogP contribution in [0.4, 0.5) is 0 Å². The highest BCUT2D eigenvalue weighted by atomic mass is 16.5. The van der Waals surface area contributed by atoms with E-state index < -0.39 is 0 Å². The average Bonchev–Trinajstić information content (AvgIpc) is 2.74. The molecule has 0 atom stereocenters. The zero-order valence-corrected chi connectivity index (χ0v) is 16.5. The topological polar surface area (TPSA) is 47.9 Å². The number of aromatic nitrogens is 3. The number of para-hydroxylation sites is 1. The molecule has 0 aliphatic heterocycles. The van der Waals surface area contributed by atoms with E-state index in [1.165, 1.54) is 0 Å². The summed E-state index contributed by atoms with van der Waals surface area (Å²) in [5, 5.41) is 1.03. The molecule has 1 aliphatic carbocycles. The van der Waals surface area contributed by atoms with Gasteiger partial charge in [-0.15, -0.1) is 0 Å². The van der Waals surface area contributed by atoms with Crippen LogP contribution < -0.4 is 0 Å². The number of rotatable bonds is 6. The number of fused-ring (bicyclic) bond motifs is 1. The van der Waals surface area contributed by atoms with Crippen molar-refractivity contribution in [2.75, 3.05) is 6.61 Å². The molecule has 1 aliphatic rings. The van der Waals surface area contributed by atoms with Crippen molar-refractivity contribution in [3.8, 4) is 11.5 Å². The zero-order valence-electron chi connectivity index (χ0n) is 16.5. The van der Waals surface area contributed by atoms with Crippen molar-refractivity contribution in [3.63, 3.8) is 0 Å². The monoisotopic (exact) mass is 371 g/mol. The Labute approximate surface area is 166 Å². The van der Waals surface area contributed by atoms with Crippen molar-refractivity contribution in [2.24, 2.45) is 0 Å². The highest BCUT2D eigenvalue weighted by Gasteiger charge is 2.17. The molecule has 4 rings (SSSR count). The molecule has 0 saturated heterocycles. The van der Waals surface area contributed by atoms with Gasteiger partial charge in [-0.2, -0.15) is 0 Å². The Bertz CT molecular complexity index is 1050. The number of unbranched alkanes of at least 4 members (excludes halogenated alkanes) is 1. The number of pyridine rings is 1. The predicted molar refractivity (Wildman–Crippen MR) is 114 cm³/mol. The molecule has 2 aromatic heterocycles. The summed E-state index contributed by atoms with van der Waals surface area (Å²) in [4.78, 5) is 14.2. The predicted octanol–water partition coefficient (Wildman–Crippen LogP) is 5.88. The van der Waals surface area contributed by atoms with E-state index >= 15 is 0 Å². The van der Waals surface area contributed by atoms with Crippen molar-refractivity contribution in [1.82, 2.24) is 15.0 Å². The lowest BCUT2D eigenvalue weighted by atomic mass is 9.98. The smallest absolute Gasteiger partial charge is 0.178 e. The lowest BCUT2D eigenvalue weighted by molar-refractivity contribution is 0.199. The van der Waals surface area contributed by atoms with Gasteiger partial charge in [0.25, 0.3) is 0 Å². The number of nitrogens with zero attached hydrogens (tertiary/aromatic N) is 3. The normalized spacial score (nSPS) is 13.9. The molecule has 0 spiro atoms. The van der Waals surface area contributed by atoms with Crippen LogP contribution in [-0.2, 0) is 4.74 Å². The molecule has 0 radical (unpaired) electrons. The van der Waals surface area contributed by atoms with Crippen LogP contribution in [0.5, 0.6) is 0 Å². The maximum Gasteiger partial charge on any atom is 0.178 e. The lowest BCUT2D eigenvalue weighted by Gasteiger charge is -2.18. The van der Waals surface area contributed by atoms with Crippen LogP contribution in [0.2, 0.25) is 0 Å². The number of benzene rings is 1. The summed E-state index contributed by atoms with van der Waals surface area (Å²) in [6.45, 7) is 5.03. The van der Waals surface area contributed by atoms with Crippen LogP contribution in [-0.4, -0.2) is 21.6 Å². The molecule has 1 aromatic carbocycles. The second-order valence-electron chi connectivity index (χ2n) is 7.09. The first-order valence-corrected chi connectivity index (χ1v) is 9.99. The first-order valence-electron chi connectivity index (χ1n) is 9.99. The molecule has 4 nitrogen and oxygen atoms in total. The summed E-state index contributed by atoms with van der Waals surface area (Å²) in [6.07, 6.45) is 10.3. The number of hydrogen-bond acceptors (Lipinski definition) is 4. The van der Waals surface area contributed by atoms with Gasteiger partial charge in [0.15, 0.2) is 5.82 Å². The second kappa shape index (κ2) is 8.34. The quantitative estimate of drug-likeness (QED) is 0.508. The summed E-state index contributed by atoms with van der Waals surface area (Å²) in [7, 11) is 0. The fraction of sp³-hybridized carbons (Fsp3) is 0.292. The van der Waals surface area contributed by atoms with E-state index in [1.54, 1.807) is 0 Å². The second-order valence-corrected chi connectivity index (χ2v) is 7.09. The minimum absolute atomic E-state index is 0.647. The summed E-state index contributed by atoms with van der Waals surface area (Å²) in [5.74, 6) is 1.69. The van der Waals surface area contributed by atoms with Gasteiger partial charge in [0.2, 0.25) is 0 Å². The van der Waals surface area contributed by atoms with E-state index in [4.69, 9.17) is 14.7 Å². The number of allylic oxidation sites excluding steroid dienone is 4. The first kappa shape index (κ1) is 18.4. The molecule has 2 heterocycles. The third-order valence-electron chi connectivity index (χ3n) is 4.97. The molecular weight excluding hydrogens is 346 g/mol. The van der Waals surface area contributed by atoms with Crippen LogP contribution >= 0.6 is 0 Å². The van der Waals surface area contributed by atoms with E-state index in [9.17, 15) is 0 Å². The van der Waals surface area contributed by atoms with Gasteiger partial charge in [-0.25, -0.2) is 15.0 Å². The minimum Gasteiger partial charge on any atom is -0.497 e. The van der Waals surface area contributed by atoms with Crippen LogP contribution in [0.15, 0.2) is 60.5 Å². The fourth-order valence-electron chi connectivity index (χ4n) is 3.37. The Hall–Kier alpha value is -3.01. The largest absolute Gasteiger partial charge is 0.497 e. The van der Waals surface area contributed by atoms with Gasteiger partial charge in [-0.05, 0) is 37.5 Å². The van der Waals surface area contributed by atoms with Crippen LogP contribution in [0.1, 0.15) is 43.9 Å². The molecule has 142 valence electrons. The zero-order chi connectivity index (χ0) is 19.3. The van der Waals surface area contributed by atoms with Gasteiger partial charge >= 0.3 is 0 Å². The van der Waals surface area contributed by atoms with Gasteiger partial charge in [-0.1, -0.05) is 49.8 Å². The van der Waals surface area contributed by atoms with E-state index in [0.717, 1.165) is 71.5 Å². The highest BCUT2D eigenvalue weighted by molar-refractivity contribution is 5.80. The third-order valence-corrected chi connectivity index (χ3v) is 4.97. The Kier molecular flexibility index (Phi) is 5.47. The number of aryl methyl sites for hydroxylation is 1. The average molecular weight is 371 g/mol. The van der Waals surface area contributed by atoms with Crippen molar-refractivity contribution in [3.05, 3.63) is 71.8 Å². The summed E-state index contributed by atoms with van der Waals surface area (Å²) in [6, 6.07) is 12.1.